The Balaban J connectivity index is 1.55. The first-order chi connectivity index (χ1) is 16.8. The van der Waals surface area contributed by atoms with Gasteiger partial charge in [0.15, 0.2) is 13.2 Å². The molecule has 9 nitrogen and oxygen atoms in total. The van der Waals surface area contributed by atoms with Crippen LogP contribution in [0.1, 0.15) is 61.3 Å². The number of aromatic amines is 1. The van der Waals surface area contributed by atoms with Gasteiger partial charge < -0.3 is 14.8 Å². The molecule has 4 rings (SSSR count). The van der Waals surface area contributed by atoms with Crippen LogP contribution in [0, 0.1) is 5.92 Å². The maximum absolute atomic E-state index is 12.7. The fourth-order valence-electron chi connectivity index (χ4n) is 4.40. The third-order valence-corrected chi connectivity index (χ3v) is 6.56. The number of nitrogens with zero attached hydrogens (tertiary/aromatic N) is 1. The molecule has 0 bridgehead atoms. The third-order valence-electron chi connectivity index (χ3n) is 6.27. The van der Waals surface area contributed by atoms with Crippen LogP contribution in [0.4, 0.5) is 0 Å². The average Bonchev–Trinajstić information content (AvgIpc) is 3.50. The average molecular weight is 501 g/mol. The Morgan fingerprint density at radius 2 is 1.97 bits per heavy atom. The van der Waals surface area contributed by atoms with Gasteiger partial charge >= 0.3 is 11.8 Å². The molecule has 186 valence electrons. The van der Waals surface area contributed by atoms with Crippen molar-refractivity contribution in [3.05, 3.63) is 68.6 Å². The molecular weight excluding hydrogens is 470 g/mol. The molecule has 0 amide bonds. The smallest absolute Gasteiger partial charge is 0.328 e. The zero-order valence-electron chi connectivity index (χ0n) is 19.4. The number of carbonyl (C=O) groups is 1. The number of rotatable bonds is 10. The van der Waals surface area contributed by atoms with Gasteiger partial charge in [-0.25, -0.2) is 5.84 Å². The number of halogens is 1. The number of allylic oxidation sites excluding steroid dienone is 1. The number of H-pyrrole nitrogens is 1. The summed E-state index contributed by atoms with van der Waals surface area (Å²) in [7, 11) is 0. The van der Waals surface area contributed by atoms with E-state index in [1.165, 1.54) is 12.8 Å². The summed E-state index contributed by atoms with van der Waals surface area (Å²) in [6.45, 7) is -0.497. The van der Waals surface area contributed by atoms with E-state index in [4.69, 9.17) is 33.0 Å². The van der Waals surface area contributed by atoms with Crippen molar-refractivity contribution in [1.29, 1.82) is 0 Å². The summed E-state index contributed by atoms with van der Waals surface area (Å²) in [4.78, 5) is 26.5. The SMILES string of the molecule is NC(COc1ccc(/C(=C\C2CCCC2)c2ccc(C3CC3)c(=O)[nH]2)cc1Cl)=[NH+]N(N)CC(=O)O. The van der Waals surface area contributed by atoms with Gasteiger partial charge in [0.1, 0.15) is 5.75 Å². The molecule has 0 aliphatic heterocycles. The van der Waals surface area contributed by atoms with Gasteiger partial charge in [0, 0.05) is 16.8 Å². The second kappa shape index (κ2) is 11.0. The standard InChI is InChI=1S/C25H30ClN5O4/c26-20-12-17(7-10-22(20)35-14-23(27)30-31(28)13-24(32)33)19(11-15-3-1-2-4-15)21-9-8-18(16-5-6-16)25(34)29-21/h7-12,15-16H,1-6,13-14,28H2,(H2,27,30)(H,29,34)(H,32,33)/p+1/b19-11+. The van der Waals surface area contributed by atoms with Crippen molar-refractivity contribution in [2.45, 2.75) is 44.4 Å². The predicted octanol–water partition coefficient (Wildman–Crippen LogP) is 1.52. The quantitative estimate of drug-likeness (QED) is 0.144. The minimum Gasteiger partial charge on any atom is -0.480 e. The van der Waals surface area contributed by atoms with Crippen LogP contribution in [0.3, 0.4) is 0 Å². The van der Waals surface area contributed by atoms with E-state index in [2.05, 4.69) is 16.2 Å². The van der Waals surface area contributed by atoms with Gasteiger partial charge in [0.25, 0.3) is 5.56 Å². The lowest BCUT2D eigenvalue weighted by molar-refractivity contribution is -0.647. The number of hydrogen-bond acceptors (Lipinski definition) is 5. The first kappa shape index (κ1) is 24.8. The molecule has 2 fully saturated rings. The highest BCUT2D eigenvalue weighted by Gasteiger charge is 2.26. The normalized spacial score (nSPS) is 17.0. The summed E-state index contributed by atoms with van der Waals surface area (Å²) in [6, 6.07) is 9.41. The summed E-state index contributed by atoms with van der Waals surface area (Å²) < 4.78 is 5.68. The van der Waals surface area contributed by atoms with Crippen LogP contribution in [0.5, 0.6) is 5.75 Å². The van der Waals surface area contributed by atoms with Gasteiger partial charge in [0.05, 0.1) is 5.02 Å². The molecule has 0 spiro atoms. The van der Waals surface area contributed by atoms with Crippen molar-refractivity contribution < 1.29 is 19.7 Å². The molecule has 35 heavy (non-hydrogen) atoms. The predicted molar refractivity (Wildman–Crippen MR) is 134 cm³/mol. The van der Waals surface area contributed by atoms with E-state index in [1.54, 1.807) is 6.07 Å². The van der Waals surface area contributed by atoms with Gasteiger partial charge in [-0.05, 0) is 61.3 Å². The zero-order chi connectivity index (χ0) is 24.9. The molecule has 0 saturated heterocycles. The molecule has 2 aliphatic rings. The molecule has 2 saturated carbocycles. The van der Waals surface area contributed by atoms with Gasteiger partial charge in [-0.2, -0.15) is 10.2 Å². The molecule has 0 unspecified atom stereocenters. The van der Waals surface area contributed by atoms with Crippen molar-refractivity contribution in [3.63, 3.8) is 0 Å². The van der Waals surface area contributed by atoms with Crippen LogP contribution in [0.25, 0.3) is 5.57 Å². The molecule has 10 heteroatoms. The van der Waals surface area contributed by atoms with Gasteiger partial charge in [0.2, 0.25) is 0 Å². The first-order valence-corrected chi connectivity index (χ1v) is 12.2. The minimum absolute atomic E-state index is 0.0243. The highest BCUT2D eigenvalue weighted by molar-refractivity contribution is 6.32. The van der Waals surface area contributed by atoms with E-state index < -0.39 is 12.5 Å². The van der Waals surface area contributed by atoms with Crippen LogP contribution in [-0.4, -0.2) is 40.2 Å². The lowest BCUT2D eigenvalue weighted by Crippen LogP contribution is -2.89. The fourth-order valence-corrected chi connectivity index (χ4v) is 4.64. The number of hydrazone groups is 1. The topological polar surface area (TPSA) is 149 Å². The maximum Gasteiger partial charge on any atom is 0.328 e. The number of nitrogens with one attached hydrogen (secondary N) is 2. The van der Waals surface area contributed by atoms with Crippen molar-refractivity contribution in [2.75, 3.05) is 13.2 Å². The van der Waals surface area contributed by atoms with E-state index in [9.17, 15) is 9.59 Å². The maximum atomic E-state index is 12.7. The molecule has 0 radical (unpaired) electrons. The molecule has 2 aliphatic carbocycles. The Morgan fingerprint density at radius 1 is 1.23 bits per heavy atom. The number of benzene rings is 1. The van der Waals surface area contributed by atoms with E-state index >= 15 is 0 Å². The monoisotopic (exact) mass is 500 g/mol. The summed E-state index contributed by atoms with van der Waals surface area (Å²) >= 11 is 6.53. The number of ether oxygens (including phenoxy) is 1. The molecule has 7 N–H and O–H groups in total. The van der Waals surface area contributed by atoms with Crippen molar-refractivity contribution in [1.82, 2.24) is 10.1 Å². The van der Waals surface area contributed by atoms with Crippen molar-refractivity contribution in [2.24, 2.45) is 17.5 Å². The van der Waals surface area contributed by atoms with Crippen molar-refractivity contribution >= 4 is 29.0 Å². The summed E-state index contributed by atoms with van der Waals surface area (Å²) in [6.07, 6.45) is 9.07. The van der Waals surface area contributed by atoms with E-state index in [0.717, 1.165) is 53.2 Å². The molecule has 1 aromatic heterocycles. The number of carboxylic acids is 1. The Hall–Kier alpha value is -3.30. The second-order valence-corrected chi connectivity index (χ2v) is 9.56. The van der Waals surface area contributed by atoms with Crippen LogP contribution < -0.4 is 27.0 Å². The van der Waals surface area contributed by atoms with E-state index in [-0.39, 0.29) is 18.0 Å². The number of pyridine rings is 1. The number of amidine groups is 1. The van der Waals surface area contributed by atoms with E-state index in [0.29, 0.717) is 22.6 Å². The Kier molecular flexibility index (Phi) is 7.77. The summed E-state index contributed by atoms with van der Waals surface area (Å²) in [5.41, 5.74) is 9.27. The third kappa shape index (κ3) is 6.64. The number of hydrazine groups is 2. The van der Waals surface area contributed by atoms with Crippen LogP contribution in [0.15, 0.2) is 41.2 Å². The number of aliphatic carboxylic acids is 1. The number of carboxylic acid groups (broad SMARTS) is 1. The molecule has 0 atom stereocenters. The van der Waals surface area contributed by atoms with Crippen LogP contribution >= 0.6 is 11.6 Å². The Morgan fingerprint density at radius 3 is 2.60 bits per heavy atom. The first-order valence-electron chi connectivity index (χ1n) is 11.8. The van der Waals surface area contributed by atoms with E-state index in [1.807, 2.05) is 24.3 Å². The largest absolute Gasteiger partial charge is 0.480 e. The van der Waals surface area contributed by atoms with Crippen molar-refractivity contribution in [3.8, 4) is 5.75 Å². The molecule has 1 aromatic carbocycles. The van der Waals surface area contributed by atoms with Gasteiger partial charge in [-0.3, -0.25) is 15.3 Å². The van der Waals surface area contributed by atoms with Crippen LogP contribution in [0.2, 0.25) is 5.02 Å². The number of aromatic nitrogens is 1. The lowest BCUT2D eigenvalue weighted by Gasteiger charge is -2.14. The molecule has 1 heterocycles. The Labute approximate surface area is 208 Å². The highest BCUT2D eigenvalue weighted by atomic mass is 35.5. The van der Waals surface area contributed by atoms with Gasteiger partial charge in [-0.1, -0.05) is 42.7 Å². The lowest BCUT2D eigenvalue weighted by atomic mass is 9.95. The summed E-state index contributed by atoms with van der Waals surface area (Å²) in [5.74, 6) is 5.80. The Bertz CT molecular complexity index is 1200. The molecular formula is C25H31ClN5O4+. The zero-order valence-corrected chi connectivity index (χ0v) is 20.2. The fraction of sp³-hybridized carbons (Fsp3) is 0.400. The second-order valence-electron chi connectivity index (χ2n) is 9.15. The van der Waals surface area contributed by atoms with Gasteiger partial charge in [-0.15, -0.1) is 0 Å². The highest BCUT2D eigenvalue weighted by Crippen LogP contribution is 2.39. The van der Waals surface area contributed by atoms with Crippen LogP contribution in [-0.2, 0) is 4.79 Å². The number of nitrogens with two attached hydrogens (primary N) is 2. The molecule has 2 aromatic rings. The number of hydrogen-bond donors (Lipinski definition) is 5. The summed E-state index contributed by atoms with van der Waals surface area (Å²) in [5, 5.41) is 12.5. The minimum atomic E-state index is -1.10.